The van der Waals surface area contributed by atoms with Gasteiger partial charge in [0.15, 0.2) is 23.0 Å². The van der Waals surface area contributed by atoms with Gasteiger partial charge in [0, 0.05) is 5.69 Å². The Bertz CT molecular complexity index is 1350. The third-order valence-corrected chi connectivity index (χ3v) is 4.93. The Balaban J connectivity index is 1.69. The predicted molar refractivity (Wildman–Crippen MR) is 111 cm³/mol. The molecule has 2 N–H and O–H groups in total. The van der Waals surface area contributed by atoms with Gasteiger partial charge in [-0.3, -0.25) is 4.57 Å². The molecule has 0 saturated carbocycles. The number of methoxy groups -OCH3 is 1. The van der Waals surface area contributed by atoms with Gasteiger partial charge in [-0.25, -0.2) is 24.3 Å². The van der Waals surface area contributed by atoms with Crippen molar-refractivity contribution in [2.75, 3.05) is 12.4 Å². The van der Waals surface area contributed by atoms with Crippen LogP contribution in [0, 0.1) is 5.82 Å². The van der Waals surface area contributed by atoms with Gasteiger partial charge in [-0.05, 0) is 31.2 Å². The third kappa shape index (κ3) is 2.83. The summed E-state index contributed by atoms with van der Waals surface area (Å²) in [6, 6.07) is 12.4. The predicted octanol–water partition coefficient (Wildman–Crippen LogP) is 4.01. The summed E-state index contributed by atoms with van der Waals surface area (Å²) >= 11 is 0. The molecule has 150 valence electrons. The van der Waals surface area contributed by atoms with Crippen LogP contribution in [0.5, 0.6) is 5.75 Å². The number of aromatic nitrogens is 6. The van der Waals surface area contributed by atoms with Crippen LogP contribution in [0.15, 0.2) is 55.1 Å². The zero-order valence-corrected chi connectivity index (χ0v) is 16.3. The Morgan fingerprint density at radius 3 is 2.73 bits per heavy atom. The number of hydrogen-bond donors (Lipinski definition) is 2. The Labute approximate surface area is 170 Å². The fourth-order valence-corrected chi connectivity index (χ4v) is 3.59. The summed E-state index contributed by atoms with van der Waals surface area (Å²) in [7, 11) is 1.46. The van der Waals surface area contributed by atoms with E-state index in [4.69, 9.17) is 9.72 Å². The van der Waals surface area contributed by atoms with Crippen LogP contribution in [0.4, 0.5) is 10.2 Å². The fourth-order valence-electron chi connectivity index (χ4n) is 3.59. The van der Waals surface area contributed by atoms with Crippen LogP contribution in [-0.4, -0.2) is 36.6 Å². The van der Waals surface area contributed by atoms with Crippen LogP contribution in [-0.2, 0) is 0 Å². The SMILES string of the molecule is COc1c(F)ccc2nc([C@H](C)Nc3ncnc4[nH]cnc34)n(-c3ccccc3)c12. The Morgan fingerprint density at radius 1 is 1.10 bits per heavy atom. The number of imidazole rings is 2. The highest BCUT2D eigenvalue weighted by molar-refractivity contribution is 5.85. The van der Waals surface area contributed by atoms with Crippen molar-refractivity contribution >= 4 is 28.0 Å². The lowest BCUT2D eigenvalue weighted by atomic mass is 10.2. The quantitative estimate of drug-likeness (QED) is 0.461. The normalized spacial score (nSPS) is 12.4. The summed E-state index contributed by atoms with van der Waals surface area (Å²) in [6.07, 6.45) is 3.04. The van der Waals surface area contributed by atoms with Crippen molar-refractivity contribution in [1.82, 2.24) is 29.5 Å². The van der Waals surface area contributed by atoms with Crippen molar-refractivity contribution in [3.8, 4) is 11.4 Å². The number of rotatable bonds is 5. The summed E-state index contributed by atoms with van der Waals surface area (Å²) in [6.45, 7) is 1.96. The highest BCUT2D eigenvalue weighted by Gasteiger charge is 2.23. The van der Waals surface area contributed by atoms with Crippen LogP contribution >= 0.6 is 0 Å². The second-order valence-electron chi connectivity index (χ2n) is 6.78. The molecule has 0 radical (unpaired) electrons. The highest BCUT2D eigenvalue weighted by atomic mass is 19.1. The molecule has 8 nitrogen and oxygen atoms in total. The van der Waals surface area contributed by atoms with Crippen LogP contribution in [0.1, 0.15) is 18.8 Å². The molecule has 3 heterocycles. The van der Waals surface area contributed by atoms with E-state index in [1.165, 1.54) is 19.5 Å². The highest BCUT2D eigenvalue weighted by Crippen LogP contribution is 2.34. The maximum Gasteiger partial charge on any atom is 0.180 e. The Hall–Kier alpha value is -4.01. The topological polar surface area (TPSA) is 93.5 Å². The van der Waals surface area contributed by atoms with Gasteiger partial charge in [0.25, 0.3) is 0 Å². The van der Waals surface area contributed by atoms with Gasteiger partial charge in [0.2, 0.25) is 0 Å². The first-order valence-electron chi connectivity index (χ1n) is 9.38. The summed E-state index contributed by atoms with van der Waals surface area (Å²) in [5.41, 5.74) is 3.32. The van der Waals surface area contributed by atoms with Gasteiger partial charge >= 0.3 is 0 Å². The number of halogens is 1. The van der Waals surface area contributed by atoms with Gasteiger partial charge in [0.1, 0.15) is 23.2 Å². The van der Waals surface area contributed by atoms with Crippen molar-refractivity contribution in [2.45, 2.75) is 13.0 Å². The molecule has 0 saturated heterocycles. The van der Waals surface area contributed by atoms with Crippen molar-refractivity contribution < 1.29 is 9.13 Å². The smallest absolute Gasteiger partial charge is 0.180 e. The number of ether oxygens (including phenoxy) is 1. The number of fused-ring (bicyclic) bond motifs is 2. The zero-order valence-electron chi connectivity index (χ0n) is 16.3. The van der Waals surface area contributed by atoms with Gasteiger partial charge in [-0.1, -0.05) is 18.2 Å². The minimum Gasteiger partial charge on any atom is -0.491 e. The molecule has 0 amide bonds. The van der Waals surface area contributed by atoms with Crippen molar-refractivity contribution in [3.63, 3.8) is 0 Å². The molecule has 0 unspecified atom stereocenters. The molecule has 5 rings (SSSR count). The molecule has 5 aromatic rings. The lowest BCUT2D eigenvalue weighted by molar-refractivity contribution is 0.390. The van der Waals surface area contributed by atoms with E-state index >= 15 is 0 Å². The first-order chi connectivity index (χ1) is 14.7. The minimum absolute atomic E-state index is 0.152. The van der Waals surface area contributed by atoms with Crippen LogP contribution in [0.3, 0.4) is 0 Å². The molecule has 0 fully saturated rings. The lowest BCUT2D eigenvalue weighted by Crippen LogP contribution is -2.14. The standard InChI is InChI=1S/C21H18FN7O/c1-12(27-20-16-19(24-10-23-16)25-11-26-20)21-28-15-9-8-14(22)18(30-2)17(15)29(21)13-6-4-3-5-7-13/h3-12H,1-2H3,(H2,23,24,25,26,27)/t12-/m0/s1. The molecule has 9 heteroatoms. The lowest BCUT2D eigenvalue weighted by Gasteiger charge is -2.17. The molecule has 0 aliphatic rings. The first-order valence-corrected chi connectivity index (χ1v) is 9.38. The van der Waals surface area contributed by atoms with E-state index in [-0.39, 0.29) is 11.8 Å². The van der Waals surface area contributed by atoms with E-state index in [0.717, 1.165) is 5.69 Å². The Kier molecular flexibility index (Phi) is 4.27. The van der Waals surface area contributed by atoms with Crippen LogP contribution in [0.2, 0.25) is 0 Å². The monoisotopic (exact) mass is 403 g/mol. The fraction of sp³-hybridized carbons (Fsp3) is 0.143. The van der Waals surface area contributed by atoms with Gasteiger partial charge in [-0.15, -0.1) is 0 Å². The molecule has 0 bridgehead atoms. The van der Waals surface area contributed by atoms with E-state index in [9.17, 15) is 4.39 Å². The molecule has 3 aromatic heterocycles. The molecule has 1 atom stereocenters. The number of hydrogen-bond acceptors (Lipinski definition) is 6. The van der Waals surface area contributed by atoms with E-state index in [1.54, 1.807) is 12.4 Å². The maximum atomic E-state index is 14.5. The largest absolute Gasteiger partial charge is 0.491 e. The molecular formula is C21H18FN7O. The second kappa shape index (κ2) is 7.11. The van der Waals surface area contributed by atoms with Gasteiger partial charge in [-0.2, -0.15) is 0 Å². The summed E-state index contributed by atoms with van der Waals surface area (Å²) in [4.78, 5) is 20.5. The second-order valence-corrected chi connectivity index (χ2v) is 6.78. The molecule has 30 heavy (non-hydrogen) atoms. The third-order valence-electron chi connectivity index (χ3n) is 4.93. The molecule has 2 aromatic carbocycles. The average Bonchev–Trinajstić information content (AvgIpc) is 3.40. The number of para-hydroxylation sites is 1. The van der Waals surface area contributed by atoms with Crippen molar-refractivity contribution in [3.05, 3.63) is 66.8 Å². The molecular weight excluding hydrogens is 385 g/mol. The summed E-state index contributed by atoms with van der Waals surface area (Å²) in [5, 5.41) is 3.36. The number of H-pyrrole nitrogens is 1. The molecule has 0 aliphatic heterocycles. The minimum atomic E-state index is -0.441. The zero-order chi connectivity index (χ0) is 20.7. The van der Waals surface area contributed by atoms with Gasteiger partial charge < -0.3 is 15.0 Å². The first kappa shape index (κ1) is 18.0. The van der Waals surface area contributed by atoms with Crippen molar-refractivity contribution in [1.29, 1.82) is 0 Å². The number of nitrogens with one attached hydrogen (secondary N) is 2. The van der Waals surface area contributed by atoms with Gasteiger partial charge in [0.05, 0.1) is 25.0 Å². The van der Waals surface area contributed by atoms with Crippen LogP contribution < -0.4 is 10.1 Å². The van der Waals surface area contributed by atoms with E-state index in [0.29, 0.717) is 33.8 Å². The van der Waals surface area contributed by atoms with Crippen molar-refractivity contribution in [2.24, 2.45) is 0 Å². The number of benzene rings is 2. The van der Waals surface area contributed by atoms with Crippen LogP contribution in [0.25, 0.3) is 27.9 Å². The number of nitrogens with zero attached hydrogens (tertiary/aromatic N) is 5. The van der Waals surface area contributed by atoms with E-state index < -0.39 is 5.82 Å². The molecule has 0 spiro atoms. The number of aromatic amines is 1. The summed E-state index contributed by atoms with van der Waals surface area (Å²) < 4.78 is 21.8. The average molecular weight is 403 g/mol. The Morgan fingerprint density at radius 2 is 1.93 bits per heavy atom. The molecule has 0 aliphatic carbocycles. The number of anilines is 1. The maximum absolute atomic E-state index is 14.5. The van der Waals surface area contributed by atoms with E-state index in [2.05, 4.69) is 25.3 Å². The summed E-state index contributed by atoms with van der Waals surface area (Å²) in [5.74, 6) is 0.975. The van der Waals surface area contributed by atoms with E-state index in [1.807, 2.05) is 41.8 Å².